The fourth-order valence-corrected chi connectivity index (χ4v) is 2.68. The van der Waals surface area contributed by atoms with E-state index in [-0.39, 0.29) is 24.5 Å². The van der Waals surface area contributed by atoms with E-state index in [1.54, 1.807) is 11.8 Å². The Bertz CT molecular complexity index is 515. The Balaban J connectivity index is 1.73. The van der Waals surface area contributed by atoms with E-state index in [4.69, 9.17) is 0 Å². The minimum Gasteiger partial charge on any atom is -0.352 e. The largest absolute Gasteiger partial charge is 0.352 e. The summed E-state index contributed by atoms with van der Waals surface area (Å²) in [4.78, 5) is 24.5. The first-order chi connectivity index (χ1) is 10.6. The number of amides is 3. The summed E-state index contributed by atoms with van der Waals surface area (Å²) in [6.07, 6.45) is 2.09. The van der Waals surface area contributed by atoms with Crippen molar-refractivity contribution in [3.05, 3.63) is 29.8 Å². The second-order valence-electron chi connectivity index (χ2n) is 5.39. The van der Waals surface area contributed by atoms with Crippen LogP contribution in [0.3, 0.4) is 0 Å². The number of thioether (sulfide) groups is 1. The molecule has 22 heavy (non-hydrogen) atoms. The van der Waals surface area contributed by atoms with Crippen LogP contribution in [0.4, 0.5) is 4.79 Å². The third-order valence-electron chi connectivity index (χ3n) is 3.39. The Morgan fingerprint density at radius 2 is 1.95 bits per heavy atom. The van der Waals surface area contributed by atoms with Crippen LogP contribution in [0.2, 0.25) is 0 Å². The quantitative estimate of drug-likeness (QED) is 0.676. The third kappa shape index (κ3) is 5.60. The summed E-state index contributed by atoms with van der Waals surface area (Å²) in [7, 11) is 0. The van der Waals surface area contributed by atoms with Crippen LogP contribution in [0, 0.1) is 0 Å². The monoisotopic (exact) mass is 321 g/mol. The Kier molecular flexibility index (Phi) is 6.12. The van der Waals surface area contributed by atoms with Gasteiger partial charge in [0, 0.05) is 10.9 Å². The normalized spacial score (nSPS) is 15.0. The van der Waals surface area contributed by atoms with Crippen LogP contribution in [-0.4, -0.2) is 30.3 Å². The fourth-order valence-electron chi connectivity index (χ4n) is 2.02. The lowest BCUT2D eigenvalue weighted by molar-refractivity contribution is -0.120. The van der Waals surface area contributed by atoms with Crippen LogP contribution >= 0.6 is 11.8 Å². The topological polar surface area (TPSA) is 70.2 Å². The van der Waals surface area contributed by atoms with E-state index in [1.165, 1.54) is 4.90 Å². The molecule has 1 aliphatic carbocycles. The smallest absolute Gasteiger partial charge is 0.315 e. The van der Waals surface area contributed by atoms with Gasteiger partial charge in [-0.05, 0) is 43.2 Å². The molecule has 6 heteroatoms. The van der Waals surface area contributed by atoms with Gasteiger partial charge in [0.2, 0.25) is 5.91 Å². The average molecular weight is 321 g/mol. The summed E-state index contributed by atoms with van der Waals surface area (Å²) in [6, 6.07) is 8.03. The van der Waals surface area contributed by atoms with Gasteiger partial charge in [0.05, 0.1) is 12.6 Å². The molecule has 1 aromatic carbocycles. The summed E-state index contributed by atoms with van der Waals surface area (Å²) < 4.78 is 0. The lowest BCUT2D eigenvalue weighted by Crippen LogP contribution is -2.43. The number of carbonyl (C=O) groups excluding carboxylic acids is 2. The molecule has 0 aromatic heterocycles. The van der Waals surface area contributed by atoms with E-state index in [9.17, 15) is 9.59 Å². The molecule has 120 valence electrons. The third-order valence-corrected chi connectivity index (χ3v) is 4.28. The molecule has 0 heterocycles. The zero-order valence-corrected chi connectivity index (χ0v) is 13.8. The molecule has 1 aromatic rings. The van der Waals surface area contributed by atoms with E-state index in [2.05, 4.69) is 35.0 Å². The van der Waals surface area contributed by atoms with Gasteiger partial charge in [-0.25, -0.2) is 4.79 Å². The number of hydrogen-bond acceptors (Lipinski definition) is 3. The fraction of sp³-hybridized carbons (Fsp3) is 0.500. The number of benzene rings is 1. The molecule has 2 rings (SSSR count). The van der Waals surface area contributed by atoms with E-state index in [0.29, 0.717) is 6.04 Å². The van der Waals surface area contributed by atoms with E-state index in [0.717, 1.165) is 24.2 Å². The first-order valence-electron chi connectivity index (χ1n) is 7.65. The standard InChI is InChI=1S/C16H23N3O2S/c1-3-22-14-8-4-12(5-9-14)11(2)18-16(21)17-10-15(20)19-13-6-7-13/h4-5,8-9,11,13H,3,6-7,10H2,1-2H3,(H,19,20)(H2,17,18,21). The van der Waals surface area contributed by atoms with E-state index < -0.39 is 0 Å². The van der Waals surface area contributed by atoms with Crippen molar-refractivity contribution in [2.24, 2.45) is 0 Å². The van der Waals surface area contributed by atoms with Gasteiger partial charge in [-0.2, -0.15) is 0 Å². The summed E-state index contributed by atoms with van der Waals surface area (Å²) in [5.41, 5.74) is 1.04. The first-order valence-corrected chi connectivity index (χ1v) is 8.63. The van der Waals surface area contributed by atoms with Crippen molar-refractivity contribution in [3.63, 3.8) is 0 Å². The van der Waals surface area contributed by atoms with Gasteiger partial charge >= 0.3 is 6.03 Å². The molecule has 1 saturated carbocycles. The highest BCUT2D eigenvalue weighted by Gasteiger charge is 2.23. The van der Waals surface area contributed by atoms with Crippen LogP contribution in [0.1, 0.15) is 38.3 Å². The highest BCUT2D eigenvalue weighted by atomic mass is 32.2. The Hall–Kier alpha value is -1.69. The Morgan fingerprint density at radius 1 is 1.27 bits per heavy atom. The second-order valence-corrected chi connectivity index (χ2v) is 6.73. The van der Waals surface area contributed by atoms with Crippen LogP contribution in [0.15, 0.2) is 29.2 Å². The maximum atomic E-state index is 11.8. The zero-order chi connectivity index (χ0) is 15.9. The number of urea groups is 1. The van der Waals surface area contributed by atoms with Gasteiger partial charge < -0.3 is 16.0 Å². The number of hydrogen-bond donors (Lipinski definition) is 3. The van der Waals surface area contributed by atoms with E-state index in [1.807, 2.05) is 19.1 Å². The van der Waals surface area contributed by atoms with Crippen molar-refractivity contribution in [1.82, 2.24) is 16.0 Å². The lowest BCUT2D eigenvalue weighted by Gasteiger charge is -2.15. The van der Waals surface area contributed by atoms with Crippen LogP contribution in [-0.2, 0) is 4.79 Å². The Labute approximate surface area is 135 Å². The minimum atomic E-state index is -0.328. The molecule has 3 N–H and O–H groups in total. The molecule has 3 amide bonds. The molecule has 1 unspecified atom stereocenters. The Morgan fingerprint density at radius 3 is 2.55 bits per heavy atom. The molecule has 0 radical (unpaired) electrons. The molecular formula is C16H23N3O2S. The molecule has 1 atom stereocenters. The highest BCUT2D eigenvalue weighted by Crippen LogP contribution is 2.20. The predicted molar refractivity (Wildman–Crippen MR) is 89.0 cm³/mol. The lowest BCUT2D eigenvalue weighted by atomic mass is 10.1. The molecule has 0 aliphatic heterocycles. The van der Waals surface area contributed by atoms with Crippen molar-refractivity contribution >= 4 is 23.7 Å². The van der Waals surface area contributed by atoms with Crippen molar-refractivity contribution in [2.45, 2.75) is 43.7 Å². The summed E-state index contributed by atoms with van der Waals surface area (Å²) in [5, 5.41) is 8.25. The molecule has 5 nitrogen and oxygen atoms in total. The highest BCUT2D eigenvalue weighted by molar-refractivity contribution is 7.99. The maximum Gasteiger partial charge on any atom is 0.315 e. The van der Waals surface area contributed by atoms with Crippen molar-refractivity contribution < 1.29 is 9.59 Å². The van der Waals surface area contributed by atoms with Crippen molar-refractivity contribution in [3.8, 4) is 0 Å². The van der Waals surface area contributed by atoms with E-state index >= 15 is 0 Å². The van der Waals surface area contributed by atoms with Gasteiger partial charge in [0.1, 0.15) is 0 Å². The molecule has 0 spiro atoms. The molecule has 0 saturated heterocycles. The summed E-state index contributed by atoms with van der Waals surface area (Å²) in [6.45, 7) is 4.05. The molecule has 1 aliphatic rings. The second kappa shape index (κ2) is 8.08. The summed E-state index contributed by atoms with van der Waals surface area (Å²) in [5.74, 6) is 0.907. The number of carbonyl (C=O) groups is 2. The van der Waals surface area contributed by atoms with Gasteiger partial charge in [-0.3, -0.25) is 4.79 Å². The van der Waals surface area contributed by atoms with Crippen molar-refractivity contribution in [2.75, 3.05) is 12.3 Å². The number of rotatable bonds is 7. The van der Waals surface area contributed by atoms with Gasteiger partial charge in [-0.15, -0.1) is 11.8 Å². The van der Waals surface area contributed by atoms with Crippen LogP contribution in [0.25, 0.3) is 0 Å². The SMILES string of the molecule is CCSc1ccc(C(C)NC(=O)NCC(=O)NC2CC2)cc1. The molecule has 0 bridgehead atoms. The average Bonchev–Trinajstić information content (AvgIpc) is 3.30. The zero-order valence-electron chi connectivity index (χ0n) is 13.0. The minimum absolute atomic E-state index is 0.0150. The molecule has 1 fully saturated rings. The van der Waals surface area contributed by atoms with Gasteiger partial charge in [-0.1, -0.05) is 19.1 Å². The number of nitrogens with one attached hydrogen (secondary N) is 3. The van der Waals surface area contributed by atoms with Crippen molar-refractivity contribution in [1.29, 1.82) is 0 Å². The van der Waals surface area contributed by atoms with Gasteiger partial charge in [0.25, 0.3) is 0 Å². The van der Waals surface area contributed by atoms with Gasteiger partial charge in [0.15, 0.2) is 0 Å². The first kappa shape index (κ1) is 16.7. The summed E-state index contributed by atoms with van der Waals surface area (Å²) >= 11 is 1.79. The van der Waals surface area contributed by atoms with Crippen LogP contribution < -0.4 is 16.0 Å². The predicted octanol–water partition coefficient (Wildman–Crippen LogP) is 2.44. The van der Waals surface area contributed by atoms with Crippen LogP contribution in [0.5, 0.6) is 0 Å². The maximum absolute atomic E-state index is 11.8. The molecular weight excluding hydrogens is 298 g/mol.